The molecule has 1 aliphatic rings. The van der Waals surface area contributed by atoms with E-state index < -0.39 is 17.9 Å². The summed E-state index contributed by atoms with van der Waals surface area (Å²) in [5.74, 6) is 0.119. The summed E-state index contributed by atoms with van der Waals surface area (Å²) in [6.45, 7) is 2.27. The summed E-state index contributed by atoms with van der Waals surface area (Å²) < 4.78 is 10.9. The zero-order valence-electron chi connectivity index (χ0n) is 15.1. The summed E-state index contributed by atoms with van der Waals surface area (Å²) in [6, 6.07) is 11.0. The maximum Gasteiger partial charge on any atom is 0.262 e. The van der Waals surface area contributed by atoms with E-state index in [1.165, 1.54) is 19.2 Å². The quantitative estimate of drug-likeness (QED) is 0.623. The summed E-state index contributed by atoms with van der Waals surface area (Å²) in [4.78, 5) is 26.8. The molecular weight excluding hydrogens is 346 g/mol. The van der Waals surface area contributed by atoms with Crippen LogP contribution in [0.2, 0.25) is 0 Å². The number of nitrogens with two attached hydrogens (primary N) is 1. The number of methoxy groups -OCH3 is 1. The molecule has 0 aromatic heterocycles. The average molecular weight is 365 g/mol. The molecule has 1 unspecified atom stereocenters. The van der Waals surface area contributed by atoms with E-state index in [-0.39, 0.29) is 17.5 Å². The molecule has 2 N–H and O–H groups in total. The van der Waals surface area contributed by atoms with Crippen LogP contribution in [0.3, 0.4) is 0 Å². The van der Waals surface area contributed by atoms with Crippen LogP contribution in [0.4, 0.5) is 5.69 Å². The zero-order valence-corrected chi connectivity index (χ0v) is 15.1. The molecule has 0 spiro atoms. The van der Waals surface area contributed by atoms with E-state index in [1.54, 1.807) is 24.3 Å². The summed E-state index contributed by atoms with van der Waals surface area (Å²) in [5.41, 5.74) is 7.30. The first-order valence-electron chi connectivity index (χ1n) is 8.46. The van der Waals surface area contributed by atoms with Crippen molar-refractivity contribution in [2.24, 2.45) is 0 Å². The summed E-state index contributed by atoms with van der Waals surface area (Å²) in [7, 11) is 1.53. The summed E-state index contributed by atoms with van der Waals surface area (Å²) >= 11 is 0. The minimum absolute atomic E-state index is 0.0428. The second-order valence-electron chi connectivity index (χ2n) is 6.01. The molecule has 0 saturated carbocycles. The maximum absolute atomic E-state index is 12.9. The molecule has 0 aliphatic carbocycles. The fourth-order valence-corrected chi connectivity index (χ4v) is 3.17. The number of nitrogens with zero attached hydrogens (tertiary/aromatic N) is 2. The van der Waals surface area contributed by atoms with Gasteiger partial charge in [0.05, 0.1) is 43.4 Å². The van der Waals surface area contributed by atoms with Crippen molar-refractivity contribution < 1.29 is 19.1 Å². The van der Waals surface area contributed by atoms with Gasteiger partial charge >= 0.3 is 0 Å². The molecule has 7 nitrogen and oxygen atoms in total. The zero-order chi connectivity index (χ0) is 19.6. The molecule has 3 rings (SSSR count). The van der Waals surface area contributed by atoms with Crippen LogP contribution in [0.1, 0.15) is 45.7 Å². The van der Waals surface area contributed by atoms with Gasteiger partial charge in [0.15, 0.2) is 11.5 Å². The molecule has 2 aromatic carbocycles. The highest BCUT2D eigenvalue weighted by Crippen LogP contribution is 2.37. The molecule has 0 bridgehead atoms. The largest absolute Gasteiger partial charge is 0.493 e. The molecule has 27 heavy (non-hydrogen) atoms. The van der Waals surface area contributed by atoms with Crippen molar-refractivity contribution in [1.82, 2.24) is 4.90 Å². The van der Waals surface area contributed by atoms with Crippen molar-refractivity contribution in [3.8, 4) is 17.6 Å². The van der Waals surface area contributed by atoms with Crippen molar-refractivity contribution in [2.45, 2.75) is 19.4 Å². The molecule has 7 heteroatoms. The fourth-order valence-electron chi connectivity index (χ4n) is 3.17. The molecule has 0 fully saturated rings. The normalized spacial score (nSPS) is 13.9. The van der Waals surface area contributed by atoms with Gasteiger partial charge in [-0.3, -0.25) is 14.5 Å². The highest BCUT2D eigenvalue weighted by atomic mass is 16.5. The molecule has 2 aromatic rings. The number of nitriles is 1. The Morgan fingerprint density at radius 2 is 1.85 bits per heavy atom. The minimum Gasteiger partial charge on any atom is -0.493 e. The number of carbonyl (C=O) groups excluding carboxylic acids is 2. The van der Waals surface area contributed by atoms with Crippen molar-refractivity contribution in [3.05, 3.63) is 53.1 Å². The Bertz CT molecular complexity index is 949. The average Bonchev–Trinajstić information content (AvgIpc) is 2.90. The molecule has 2 amide bonds. The number of carbonyl (C=O) groups is 2. The van der Waals surface area contributed by atoms with E-state index in [1.807, 2.05) is 6.92 Å². The lowest BCUT2D eigenvalue weighted by atomic mass is 10.0. The van der Waals surface area contributed by atoms with Gasteiger partial charge in [0, 0.05) is 5.69 Å². The number of anilines is 1. The van der Waals surface area contributed by atoms with Gasteiger partial charge in [-0.15, -0.1) is 0 Å². The number of benzene rings is 2. The Morgan fingerprint density at radius 3 is 2.52 bits per heavy atom. The van der Waals surface area contributed by atoms with Crippen molar-refractivity contribution >= 4 is 17.5 Å². The van der Waals surface area contributed by atoms with Gasteiger partial charge in [-0.25, -0.2) is 0 Å². The lowest BCUT2D eigenvalue weighted by Gasteiger charge is -2.25. The topological polar surface area (TPSA) is 106 Å². The standard InChI is InChI=1S/C20H19N3O4/c1-3-27-18-10-12(4-7-17(18)26-2)16(8-9-21)23-19(24)14-6-5-13(22)11-15(14)20(23)25/h4-7,10-11,16H,3,8,22H2,1-2H3. The third-order valence-corrected chi connectivity index (χ3v) is 4.41. The van der Waals surface area contributed by atoms with Gasteiger partial charge < -0.3 is 15.2 Å². The smallest absolute Gasteiger partial charge is 0.262 e. The maximum atomic E-state index is 12.9. The van der Waals surface area contributed by atoms with E-state index >= 15 is 0 Å². The molecule has 138 valence electrons. The van der Waals surface area contributed by atoms with E-state index in [2.05, 4.69) is 6.07 Å². The number of fused-ring (bicyclic) bond motifs is 1. The number of hydrogen-bond donors (Lipinski definition) is 1. The monoisotopic (exact) mass is 365 g/mol. The van der Waals surface area contributed by atoms with Gasteiger partial charge in [0.25, 0.3) is 11.8 Å². The van der Waals surface area contributed by atoms with Crippen LogP contribution in [0.5, 0.6) is 11.5 Å². The van der Waals surface area contributed by atoms with Crippen LogP contribution in [0.25, 0.3) is 0 Å². The second kappa shape index (κ2) is 7.38. The predicted octanol–water partition coefficient (Wildman–Crippen LogP) is 2.93. The van der Waals surface area contributed by atoms with E-state index in [9.17, 15) is 14.9 Å². The minimum atomic E-state index is -0.742. The molecule has 0 saturated heterocycles. The molecule has 1 atom stereocenters. The Hall–Kier alpha value is -3.53. The number of imide groups is 1. The van der Waals surface area contributed by atoms with E-state index in [0.29, 0.717) is 29.4 Å². The van der Waals surface area contributed by atoms with E-state index in [4.69, 9.17) is 15.2 Å². The van der Waals surface area contributed by atoms with Crippen LogP contribution in [-0.2, 0) is 0 Å². The Kier molecular flexibility index (Phi) is 4.99. The first-order valence-corrected chi connectivity index (χ1v) is 8.46. The van der Waals surface area contributed by atoms with Gasteiger partial charge in [-0.2, -0.15) is 5.26 Å². The molecule has 1 heterocycles. The summed E-state index contributed by atoms with van der Waals surface area (Å²) in [6.07, 6.45) is -0.0428. The third-order valence-electron chi connectivity index (χ3n) is 4.41. The second-order valence-corrected chi connectivity index (χ2v) is 6.01. The van der Waals surface area contributed by atoms with Crippen LogP contribution in [0.15, 0.2) is 36.4 Å². The SMILES string of the molecule is CCOc1cc(C(CC#N)N2C(=O)c3ccc(N)cc3C2=O)ccc1OC. The highest BCUT2D eigenvalue weighted by molar-refractivity contribution is 6.22. The van der Waals surface area contributed by atoms with Crippen LogP contribution in [0, 0.1) is 11.3 Å². The number of amides is 2. The van der Waals surface area contributed by atoms with Crippen molar-refractivity contribution in [3.63, 3.8) is 0 Å². The third kappa shape index (κ3) is 3.17. The van der Waals surface area contributed by atoms with Crippen molar-refractivity contribution in [2.75, 3.05) is 19.5 Å². The highest BCUT2D eigenvalue weighted by Gasteiger charge is 2.40. The Morgan fingerprint density at radius 1 is 1.11 bits per heavy atom. The number of nitrogen functional groups attached to an aromatic ring is 1. The predicted molar refractivity (Wildman–Crippen MR) is 98.5 cm³/mol. The van der Waals surface area contributed by atoms with Gasteiger partial charge in [0.2, 0.25) is 0 Å². The van der Waals surface area contributed by atoms with Gasteiger partial charge in [0.1, 0.15) is 0 Å². The summed E-state index contributed by atoms with van der Waals surface area (Å²) in [5, 5.41) is 9.29. The first-order chi connectivity index (χ1) is 13.0. The first kappa shape index (κ1) is 18.3. The Labute approximate surface area is 156 Å². The van der Waals surface area contributed by atoms with Crippen molar-refractivity contribution in [1.29, 1.82) is 5.26 Å². The van der Waals surface area contributed by atoms with Gasteiger partial charge in [-0.1, -0.05) is 6.07 Å². The van der Waals surface area contributed by atoms with Crippen LogP contribution in [-0.4, -0.2) is 30.4 Å². The van der Waals surface area contributed by atoms with Crippen LogP contribution >= 0.6 is 0 Å². The molecule has 0 radical (unpaired) electrons. The lowest BCUT2D eigenvalue weighted by molar-refractivity contribution is 0.0584. The molecular formula is C20H19N3O4. The van der Waals surface area contributed by atoms with Crippen LogP contribution < -0.4 is 15.2 Å². The lowest BCUT2D eigenvalue weighted by Crippen LogP contribution is -2.34. The van der Waals surface area contributed by atoms with E-state index in [0.717, 1.165) is 4.90 Å². The number of rotatable bonds is 6. The fraction of sp³-hybridized carbons (Fsp3) is 0.250. The molecule has 1 aliphatic heterocycles. The number of ether oxygens (including phenoxy) is 2. The van der Waals surface area contributed by atoms with Gasteiger partial charge in [-0.05, 0) is 42.8 Å². The Balaban J connectivity index is 2.05. The number of hydrogen-bond acceptors (Lipinski definition) is 6.